The molecular formula is C33H28N4O5S. The summed E-state index contributed by atoms with van der Waals surface area (Å²) in [5.74, 6) is 1.52. The van der Waals surface area contributed by atoms with Gasteiger partial charge in [0.05, 0.1) is 35.0 Å². The summed E-state index contributed by atoms with van der Waals surface area (Å²) in [6.45, 7) is 1.88. The molecule has 43 heavy (non-hydrogen) atoms. The number of aromatic nitrogens is 3. The molecule has 0 aliphatic rings. The molecule has 2 aromatic heterocycles. The van der Waals surface area contributed by atoms with Gasteiger partial charge in [-0.1, -0.05) is 54.1 Å². The van der Waals surface area contributed by atoms with E-state index in [0.717, 1.165) is 9.54 Å². The first-order valence-electron chi connectivity index (χ1n) is 13.5. The highest BCUT2D eigenvalue weighted by Gasteiger charge is 2.29. The summed E-state index contributed by atoms with van der Waals surface area (Å²) < 4.78 is 42.1. The molecule has 0 amide bonds. The third-order valence-electron chi connectivity index (χ3n) is 7.07. The summed E-state index contributed by atoms with van der Waals surface area (Å²) in [7, 11) is -0.893. The van der Waals surface area contributed by atoms with Crippen molar-refractivity contribution < 1.29 is 22.7 Å². The molecule has 0 bridgehead atoms. The lowest BCUT2D eigenvalue weighted by Gasteiger charge is -2.14. The van der Waals surface area contributed by atoms with E-state index in [0.29, 0.717) is 39.7 Å². The molecule has 0 saturated carbocycles. The second-order valence-electron chi connectivity index (χ2n) is 9.82. The quantitative estimate of drug-likeness (QED) is 0.193. The number of carbonyl (C=O) groups is 1. The SMILES string of the molecule is CNc1c(C(=O)c2cc3ccccc3n2S(=O)(=O)c2ccc(C)cc2)cnn1-c1ccc(Oc2ccccc2)c(OC)c1. The molecule has 216 valence electrons. The van der Waals surface area contributed by atoms with Crippen LogP contribution >= 0.6 is 0 Å². The zero-order chi connectivity index (χ0) is 30.1. The summed E-state index contributed by atoms with van der Waals surface area (Å²) >= 11 is 0. The number of aryl methyl sites for hydroxylation is 1. The Morgan fingerprint density at radius 1 is 0.860 bits per heavy atom. The van der Waals surface area contributed by atoms with Gasteiger partial charge in [0.1, 0.15) is 17.3 Å². The number of hydrogen-bond acceptors (Lipinski definition) is 7. The first kappa shape index (κ1) is 27.8. The van der Waals surface area contributed by atoms with Crippen LogP contribution in [0.3, 0.4) is 0 Å². The highest BCUT2D eigenvalue weighted by atomic mass is 32.2. The summed E-state index contributed by atoms with van der Waals surface area (Å²) in [5.41, 5.74) is 2.14. The normalized spacial score (nSPS) is 11.4. The largest absolute Gasteiger partial charge is 0.493 e. The Morgan fingerprint density at radius 3 is 2.30 bits per heavy atom. The number of carbonyl (C=O) groups excluding carboxylic acids is 1. The molecule has 0 radical (unpaired) electrons. The van der Waals surface area contributed by atoms with Crippen molar-refractivity contribution in [2.75, 3.05) is 19.5 Å². The van der Waals surface area contributed by atoms with Gasteiger partial charge in [0.2, 0.25) is 5.78 Å². The number of hydrogen-bond donors (Lipinski definition) is 1. The monoisotopic (exact) mass is 592 g/mol. The van der Waals surface area contributed by atoms with Crippen LogP contribution in [0.2, 0.25) is 0 Å². The van der Waals surface area contributed by atoms with E-state index in [-0.39, 0.29) is 16.2 Å². The molecule has 1 N–H and O–H groups in total. The predicted octanol–water partition coefficient (Wildman–Crippen LogP) is 6.45. The number of ketones is 1. The number of benzene rings is 4. The van der Waals surface area contributed by atoms with Crippen molar-refractivity contribution in [3.8, 4) is 22.9 Å². The van der Waals surface area contributed by atoms with Crippen molar-refractivity contribution in [2.45, 2.75) is 11.8 Å². The minimum absolute atomic E-state index is 0.00187. The Morgan fingerprint density at radius 2 is 1.58 bits per heavy atom. The molecule has 2 heterocycles. The predicted molar refractivity (Wildman–Crippen MR) is 165 cm³/mol. The molecule has 6 aromatic rings. The van der Waals surface area contributed by atoms with Gasteiger partial charge in [-0.05, 0) is 55.5 Å². The van der Waals surface area contributed by atoms with Gasteiger partial charge in [0.25, 0.3) is 10.0 Å². The van der Waals surface area contributed by atoms with Gasteiger partial charge in [-0.15, -0.1) is 0 Å². The molecule has 0 unspecified atom stereocenters. The molecule has 0 fully saturated rings. The van der Waals surface area contributed by atoms with Crippen LogP contribution in [-0.2, 0) is 10.0 Å². The lowest BCUT2D eigenvalue weighted by molar-refractivity contribution is 0.103. The number of ether oxygens (including phenoxy) is 2. The topological polar surface area (TPSA) is 104 Å². The number of methoxy groups -OCH3 is 1. The maximum Gasteiger partial charge on any atom is 0.268 e. The van der Waals surface area contributed by atoms with Crippen LogP contribution in [0.1, 0.15) is 21.6 Å². The van der Waals surface area contributed by atoms with Gasteiger partial charge in [-0.2, -0.15) is 5.10 Å². The third-order valence-corrected chi connectivity index (χ3v) is 8.81. The van der Waals surface area contributed by atoms with Crippen molar-refractivity contribution in [2.24, 2.45) is 0 Å². The Kier molecular flexibility index (Phi) is 7.21. The average Bonchev–Trinajstić information content (AvgIpc) is 3.64. The maximum atomic E-state index is 14.2. The van der Waals surface area contributed by atoms with Crippen molar-refractivity contribution in [3.63, 3.8) is 0 Å². The Labute approximate surface area is 249 Å². The molecule has 9 nitrogen and oxygen atoms in total. The van der Waals surface area contributed by atoms with Gasteiger partial charge < -0.3 is 14.8 Å². The Bertz CT molecular complexity index is 2060. The van der Waals surface area contributed by atoms with Gasteiger partial charge in [-0.3, -0.25) is 4.79 Å². The van der Waals surface area contributed by atoms with Gasteiger partial charge in [0.15, 0.2) is 11.5 Å². The number of rotatable bonds is 9. The van der Waals surface area contributed by atoms with Crippen LogP contribution in [0.25, 0.3) is 16.6 Å². The number of anilines is 1. The molecule has 10 heteroatoms. The van der Waals surface area contributed by atoms with Crippen LogP contribution in [0.15, 0.2) is 114 Å². The van der Waals surface area contributed by atoms with Crippen molar-refractivity contribution in [1.29, 1.82) is 0 Å². The molecule has 0 spiro atoms. The lowest BCUT2D eigenvalue weighted by atomic mass is 10.1. The zero-order valence-electron chi connectivity index (χ0n) is 23.7. The average molecular weight is 593 g/mol. The molecule has 0 atom stereocenters. The molecule has 0 aliphatic heterocycles. The zero-order valence-corrected chi connectivity index (χ0v) is 24.5. The highest BCUT2D eigenvalue weighted by Crippen LogP contribution is 2.35. The number of para-hydroxylation sites is 2. The van der Waals surface area contributed by atoms with Crippen LogP contribution < -0.4 is 14.8 Å². The number of nitrogens with zero attached hydrogens (tertiary/aromatic N) is 3. The third kappa shape index (κ3) is 5.02. The van der Waals surface area contributed by atoms with E-state index in [1.165, 1.54) is 6.20 Å². The van der Waals surface area contributed by atoms with Crippen molar-refractivity contribution in [3.05, 3.63) is 126 Å². The maximum absolute atomic E-state index is 14.2. The number of nitrogens with one attached hydrogen (secondary N) is 1. The summed E-state index contributed by atoms with van der Waals surface area (Å²) in [6, 6.07) is 29.8. The van der Waals surface area contributed by atoms with Crippen molar-refractivity contribution in [1.82, 2.24) is 13.8 Å². The van der Waals surface area contributed by atoms with Crippen LogP contribution in [0.4, 0.5) is 5.82 Å². The first-order chi connectivity index (χ1) is 20.8. The van der Waals surface area contributed by atoms with E-state index in [4.69, 9.17) is 9.47 Å². The standard InChI is InChI=1S/C33H28N4O5S/c1-22-13-16-26(17-14-22)43(39,40)37-28-12-8-7-9-23(28)19-29(37)32(38)27-21-35-36(33(27)34-2)24-15-18-30(31(20-24)41-3)42-25-10-5-4-6-11-25/h4-21,34H,1-3H3. The van der Waals surface area contributed by atoms with Gasteiger partial charge in [0, 0.05) is 18.5 Å². The van der Waals surface area contributed by atoms with E-state index in [2.05, 4.69) is 10.4 Å². The Hall–Kier alpha value is -5.35. The van der Waals surface area contributed by atoms with Crippen molar-refractivity contribution >= 4 is 32.5 Å². The fourth-order valence-corrected chi connectivity index (χ4v) is 6.45. The fourth-order valence-electron chi connectivity index (χ4n) is 4.94. The summed E-state index contributed by atoms with van der Waals surface area (Å²) in [4.78, 5) is 14.2. The van der Waals surface area contributed by atoms with Crippen LogP contribution in [-0.4, -0.2) is 42.1 Å². The van der Waals surface area contributed by atoms with Crippen LogP contribution in [0, 0.1) is 6.92 Å². The molecule has 4 aromatic carbocycles. The van der Waals surface area contributed by atoms with E-state index in [1.807, 2.05) is 37.3 Å². The number of fused-ring (bicyclic) bond motifs is 1. The lowest BCUT2D eigenvalue weighted by Crippen LogP contribution is -2.19. The van der Waals surface area contributed by atoms with E-state index in [1.54, 1.807) is 91.6 Å². The van der Waals surface area contributed by atoms with Crippen LogP contribution in [0.5, 0.6) is 17.2 Å². The van der Waals surface area contributed by atoms with Gasteiger partial charge in [-0.25, -0.2) is 17.1 Å². The summed E-state index contributed by atoms with van der Waals surface area (Å²) in [5, 5.41) is 8.17. The first-order valence-corrected chi connectivity index (χ1v) is 14.9. The second-order valence-corrected chi connectivity index (χ2v) is 11.6. The smallest absolute Gasteiger partial charge is 0.268 e. The Balaban J connectivity index is 1.43. The van der Waals surface area contributed by atoms with Gasteiger partial charge >= 0.3 is 0 Å². The molecule has 0 aliphatic carbocycles. The van der Waals surface area contributed by atoms with E-state index >= 15 is 0 Å². The fraction of sp³-hybridized carbons (Fsp3) is 0.0909. The minimum atomic E-state index is -4.11. The van der Waals surface area contributed by atoms with E-state index in [9.17, 15) is 13.2 Å². The second kappa shape index (κ2) is 11.1. The highest BCUT2D eigenvalue weighted by molar-refractivity contribution is 7.90. The minimum Gasteiger partial charge on any atom is -0.493 e. The molecule has 0 saturated heterocycles. The van der Waals surface area contributed by atoms with E-state index < -0.39 is 15.8 Å². The molecule has 6 rings (SSSR count). The molecular weight excluding hydrogens is 564 g/mol. The summed E-state index contributed by atoms with van der Waals surface area (Å²) in [6.07, 6.45) is 1.43.